The van der Waals surface area contributed by atoms with E-state index in [9.17, 15) is 39.3 Å². The topological polar surface area (TPSA) is 288 Å². The molecule has 2 aromatic rings. The lowest BCUT2D eigenvalue weighted by Gasteiger charge is -2.25. The molecular weight excluding hydrogens is 540 g/mol. The summed E-state index contributed by atoms with van der Waals surface area (Å²) in [6.07, 6.45) is -0.425. The molecule has 0 fully saturated rings. The summed E-state index contributed by atoms with van der Waals surface area (Å²) >= 11 is 0. The van der Waals surface area contributed by atoms with Crippen LogP contribution in [0.1, 0.15) is 31.7 Å². The number of H-pyrrole nitrogens is 1. The molecule has 13 N–H and O–H groups in total. The molecule has 1 aromatic carbocycles. The van der Waals surface area contributed by atoms with Crippen LogP contribution in [0.4, 0.5) is 0 Å². The molecule has 0 spiro atoms. The number of aliphatic hydroxyl groups excluding tert-OH is 1. The highest BCUT2D eigenvalue weighted by atomic mass is 16.4. The van der Waals surface area contributed by atoms with Crippen LogP contribution in [-0.2, 0) is 30.4 Å². The number of aromatic nitrogens is 1. The smallest absolute Gasteiger partial charge is 0.326 e. The first-order valence-corrected chi connectivity index (χ1v) is 12.7. The third-order valence-corrected chi connectivity index (χ3v) is 6.13. The van der Waals surface area contributed by atoms with Crippen molar-refractivity contribution in [1.29, 1.82) is 0 Å². The molecule has 0 saturated carbocycles. The van der Waals surface area contributed by atoms with Gasteiger partial charge in [-0.3, -0.25) is 24.2 Å². The van der Waals surface area contributed by atoms with Crippen molar-refractivity contribution in [3.05, 3.63) is 36.0 Å². The van der Waals surface area contributed by atoms with E-state index < -0.39 is 66.4 Å². The van der Waals surface area contributed by atoms with Gasteiger partial charge < -0.3 is 53.5 Å². The van der Waals surface area contributed by atoms with E-state index in [0.29, 0.717) is 5.56 Å². The number of hydrogen-bond donors (Lipinski definition) is 10. The van der Waals surface area contributed by atoms with Crippen LogP contribution >= 0.6 is 0 Å². The molecule has 5 atom stereocenters. The highest BCUT2D eigenvalue weighted by Gasteiger charge is 2.32. The van der Waals surface area contributed by atoms with Gasteiger partial charge in [-0.15, -0.1) is 0 Å². The summed E-state index contributed by atoms with van der Waals surface area (Å²) in [5.41, 5.74) is 17.5. The number of aliphatic imine (C=N–C) groups is 1. The summed E-state index contributed by atoms with van der Waals surface area (Å²) in [6.45, 7) is 1.37. The van der Waals surface area contributed by atoms with E-state index in [-0.39, 0.29) is 31.8 Å². The Bertz CT molecular complexity index is 1270. The Morgan fingerprint density at radius 3 is 2.17 bits per heavy atom. The first kappa shape index (κ1) is 32.5. The summed E-state index contributed by atoms with van der Waals surface area (Å²) in [5.74, 6) is -5.80. The van der Waals surface area contributed by atoms with E-state index in [1.54, 1.807) is 30.5 Å². The van der Waals surface area contributed by atoms with Gasteiger partial charge in [0, 0.05) is 30.1 Å². The monoisotopic (exact) mass is 576 g/mol. The molecule has 2 rings (SSSR count). The Morgan fingerprint density at radius 1 is 0.951 bits per heavy atom. The minimum atomic E-state index is -1.65. The average Bonchev–Trinajstić information content (AvgIpc) is 3.31. The Hall–Kier alpha value is -4.70. The number of carbonyl (C=O) groups is 5. The van der Waals surface area contributed by atoms with Crippen molar-refractivity contribution in [1.82, 2.24) is 20.9 Å². The number of nitrogens with zero attached hydrogens (tertiary/aromatic N) is 1. The summed E-state index contributed by atoms with van der Waals surface area (Å²) in [5, 5.41) is 36.3. The Morgan fingerprint density at radius 2 is 1.56 bits per heavy atom. The van der Waals surface area contributed by atoms with Gasteiger partial charge in [0.1, 0.15) is 24.2 Å². The van der Waals surface area contributed by atoms with Crippen molar-refractivity contribution < 1.29 is 39.3 Å². The number of aromatic amines is 1. The van der Waals surface area contributed by atoms with E-state index in [0.717, 1.165) is 10.9 Å². The van der Waals surface area contributed by atoms with Crippen LogP contribution < -0.4 is 33.2 Å². The minimum Gasteiger partial charge on any atom is -0.481 e. The summed E-state index contributed by atoms with van der Waals surface area (Å²) < 4.78 is 0. The summed E-state index contributed by atoms with van der Waals surface area (Å²) in [6, 6.07) is 1.33. The normalized spacial score (nSPS) is 14.6. The fourth-order valence-electron chi connectivity index (χ4n) is 3.91. The molecule has 1 aromatic heterocycles. The molecule has 0 aliphatic rings. The molecule has 5 unspecified atom stereocenters. The van der Waals surface area contributed by atoms with Crippen LogP contribution in [0.15, 0.2) is 35.5 Å². The van der Waals surface area contributed by atoms with Crippen molar-refractivity contribution >= 4 is 46.5 Å². The number of fused-ring (bicyclic) bond motifs is 1. The number of benzene rings is 1. The number of nitrogens with two attached hydrogens (primary N) is 3. The molecule has 0 aliphatic heterocycles. The molecule has 3 amide bonds. The number of nitrogens with one attached hydrogen (secondary N) is 4. The van der Waals surface area contributed by atoms with Crippen molar-refractivity contribution in [3.8, 4) is 0 Å². The standard InChI is InChI=1S/C25H36N8O8/c1-12(34)20(26)23(39)33-18(10-19(35)36)22(38)32-17(9-13-11-30-15-6-3-2-5-14(13)15)21(37)31-16(24(40)41)7-4-8-29-25(27)28/h2-3,5-6,11-12,16-18,20,30,34H,4,7-10,26H2,1H3,(H,31,37)(H,32,38)(H,33,39)(H,35,36)(H,40,41)(H4,27,28,29). The average molecular weight is 577 g/mol. The third kappa shape index (κ3) is 10.1. The molecular formula is C25H36N8O8. The molecule has 16 nitrogen and oxygen atoms in total. The van der Waals surface area contributed by atoms with Gasteiger partial charge >= 0.3 is 11.9 Å². The molecule has 224 valence electrons. The third-order valence-electron chi connectivity index (χ3n) is 6.13. The van der Waals surface area contributed by atoms with Crippen molar-refractivity contribution in [3.63, 3.8) is 0 Å². The summed E-state index contributed by atoms with van der Waals surface area (Å²) in [7, 11) is 0. The molecule has 0 saturated heterocycles. The molecule has 0 bridgehead atoms. The molecule has 16 heteroatoms. The zero-order valence-electron chi connectivity index (χ0n) is 22.4. The predicted octanol–water partition coefficient (Wildman–Crippen LogP) is -2.51. The number of hydrogen-bond acceptors (Lipinski definition) is 8. The lowest BCUT2D eigenvalue weighted by molar-refractivity contribution is -0.143. The highest BCUT2D eigenvalue weighted by Crippen LogP contribution is 2.19. The van der Waals surface area contributed by atoms with Gasteiger partial charge in [0.25, 0.3) is 0 Å². The minimum absolute atomic E-state index is 0.0272. The number of rotatable bonds is 16. The van der Waals surface area contributed by atoms with E-state index in [4.69, 9.17) is 17.2 Å². The fourth-order valence-corrected chi connectivity index (χ4v) is 3.91. The van der Waals surface area contributed by atoms with E-state index in [1.807, 2.05) is 0 Å². The van der Waals surface area contributed by atoms with Crippen molar-refractivity contribution in [2.75, 3.05) is 6.54 Å². The SMILES string of the molecule is CC(O)C(N)C(=O)NC(CC(=O)O)C(=O)NC(Cc1c[nH]c2ccccc12)C(=O)NC(CCCN=C(N)N)C(=O)O. The highest BCUT2D eigenvalue weighted by molar-refractivity contribution is 5.96. The number of carboxylic acids is 2. The van der Waals surface area contributed by atoms with Gasteiger partial charge in [-0.2, -0.15) is 0 Å². The van der Waals surface area contributed by atoms with Crippen LogP contribution in [0.3, 0.4) is 0 Å². The number of carboxylic acid groups (broad SMARTS) is 2. The number of guanidine groups is 1. The molecule has 41 heavy (non-hydrogen) atoms. The summed E-state index contributed by atoms with van der Waals surface area (Å²) in [4.78, 5) is 68.9. The van der Waals surface area contributed by atoms with Gasteiger partial charge in [-0.1, -0.05) is 18.2 Å². The van der Waals surface area contributed by atoms with Gasteiger partial charge in [0.2, 0.25) is 17.7 Å². The Balaban J connectivity index is 2.31. The quantitative estimate of drug-likeness (QED) is 0.0565. The molecule has 0 aliphatic carbocycles. The van der Waals surface area contributed by atoms with Gasteiger partial charge in [-0.05, 0) is 31.4 Å². The number of para-hydroxylation sites is 1. The number of carbonyl (C=O) groups excluding carboxylic acids is 3. The zero-order chi connectivity index (χ0) is 30.7. The van der Waals surface area contributed by atoms with Crippen LogP contribution in [-0.4, -0.2) is 92.7 Å². The molecule has 0 radical (unpaired) electrons. The first-order chi connectivity index (χ1) is 19.3. The van der Waals surface area contributed by atoms with Crippen LogP contribution in [0.25, 0.3) is 10.9 Å². The lowest BCUT2D eigenvalue weighted by Crippen LogP contribution is -2.58. The second kappa shape index (κ2) is 15.2. The second-order valence-corrected chi connectivity index (χ2v) is 9.40. The van der Waals surface area contributed by atoms with Crippen LogP contribution in [0, 0.1) is 0 Å². The largest absolute Gasteiger partial charge is 0.481 e. The first-order valence-electron chi connectivity index (χ1n) is 12.7. The fraction of sp³-hybridized carbons (Fsp3) is 0.440. The maximum atomic E-state index is 13.3. The van der Waals surface area contributed by atoms with Crippen molar-refractivity contribution in [2.24, 2.45) is 22.2 Å². The number of amides is 3. The Labute approximate surface area is 234 Å². The van der Waals surface area contributed by atoms with Gasteiger partial charge in [-0.25, -0.2) is 4.79 Å². The number of aliphatic carboxylic acids is 2. The van der Waals surface area contributed by atoms with Crippen LogP contribution in [0.2, 0.25) is 0 Å². The molecule has 1 heterocycles. The van der Waals surface area contributed by atoms with Gasteiger partial charge in [0.15, 0.2) is 5.96 Å². The maximum Gasteiger partial charge on any atom is 0.326 e. The Kier molecular flexibility index (Phi) is 12.0. The van der Waals surface area contributed by atoms with Crippen LogP contribution in [0.5, 0.6) is 0 Å². The lowest BCUT2D eigenvalue weighted by atomic mass is 10.0. The maximum absolute atomic E-state index is 13.3. The predicted molar refractivity (Wildman–Crippen MR) is 147 cm³/mol. The number of aliphatic hydroxyl groups is 1. The van der Waals surface area contributed by atoms with Gasteiger partial charge in [0.05, 0.1) is 12.5 Å². The second-order valence-electron chi connectivity index (χ2n) is 9.40. The zero-order valence-corrected chi connectivity index (χ0v) is 22.4. The van der Waals surface area contributed by atoms with E-state index in [1.165, 1.54) is 6.92 Å². The van der Waals surface area contributed by atoms with E-state index >= 15 is 0 Å². The van der Waals surface area contributed by atoms with Crippen molar-refractivity contribution in [2.45, 2.75) is 62.9 Å². The van der Waals surface area contributed by atoms with E-state index in [2.05, 4.69) is 25.9 Å².